The van der Waals surface area contributed by atoms with Gasteiger partial charge in [0.2, 0.25) is 0 Å². The maximum atomic E-state index is 13.9. The summed E-state index contributed by atoms with van der Waals surface area (Å²) in [5, 5.41) is 14.3. The van der Waals surface area contributed by atoms with Crippen LogP contribution in [0.4, 0.5) is 34.8 Å². The predicted octanol–water partition coefficient (Wildman–Crippen LogP) is 6.02. The van der Waals surface area contributed by atoms with Gasteiger partial charge in [0.1, 0.15) is 17.3 Å². The zero-order valence-corrected chi connectivity index (χ0v) is 21.3. The Balaban J connectivity index is 2.00. The molecule has 40 heavy (non-hydrogen) atoms. The van der Waals surface area contributed by atoms with E-state index in [-0.39, 0.29) is 52.6 Å². The van der Waals surface area contributed by atoms with Crippen molar-refractivity contribution in [2.75, 3.05) is 17.2 Å². The van der Waals surface area contributed by atoms with E-state index in [1.165, 1.54) is 22.8 Å². The van der Waals surface area contributed by atoms with Gasteiger partial charge in [-0.1, -0.05) is 36.4 Å². The Kier molecular flexibility index (Phi) is 8.15. The van der Waals surface area contributed by atoms with Gasteiger partial charge in [0, 0.05) is 35.5 Å². The number of halogens is 4. The van der Waals surface area contributed by atoms with Crippen LogP contribution in [0, 0.1) is 11.2 Å². The van der Waals surface area contributed by atoms with Crippen LogP contribution in [0.15, 0.2) is 83.7 Å². The number of amides is 1. The van der Waals surface area contributed by atoms with Crippen LogP contribution in [0.3, 0.4) is 0 Å². The molecule has 0 saturated carbocycles. The molecule has 0 saturated heterocycles. The Bertz CT molecular complexity index is 1610. The molecule has 5 N–H and O–H groups in total. The van der Waals surface area contributed by atoms with Crippen molar-refractivity contribution in [1.82, 2.24) is 4.57 Å². The molecule has 1 amide bonds. The lowest BCUT2D eigenvalue weighted by Crippen LogP contribution is -2.31. The Hall–Kier alpha value is -4.77. The van der Waals surface area contributed by atoms with Crippen LogP contribution in [0.2, 0.25) is 0 Å². The molecule has 4 rings (SSSR count). The molecule has 1 aromatic heterocycles. The third kappa shape index (κ3) is 5.79. The summed E-state index contributed by atoms with van der Waals surface area (Å²) in [5.74, 6) is -1.31. The fourth-order valence-corrected chi connectivity index (χ4v) is 4.25. The van der Waals surface area contributed by atoms with E-state index >= 15 is 0 Å². The van der Waals surface area contributed by atoms with Gasteiger partial charge >= 0.3 is 6.18 Å². The summed E-state index contributed by atoms with van der Waals surface area (Å²) in [7, 11) is 0. The van der Waals surface area contributed by atoms with Crippen molar-refractivity contribution in [2.45, 2.75) is 19.6 Å². The van der Waals surface area contributed by atoms with Crippen LogP contribution in [-0.4, -0.2) is 22.7 Å². The van der Waals surface area contributed by atoms with Crippen molar-refractivity contribution in [3.05, 3.63) is 112 Å². The highest BCUT2D eigenvalue weighted by Gasteiger charge is 2.31. The normalized spacial score (nSPS) is 11.2. The lowest BCUT2D eigenvalue weighted by atomic mass is 9.94. The van der Waals surface area contributed by atoms with Crippen LogP contribution < -0.4 is 21.9 Å². The second-order valence-corrected chi connectivity index (χ2v) is 8.74. The number of rotatable bonds is 8. The maximum Gasteiger partial charge on any atom is 0.416 e. The maximum absolute atomic E-state index is 13.9. The number of hydrogen-bond acceptors (Lipinski definition) is 5. The zero-order chi connectivity index (χ0) is 29.0. The summed E-state index contributed by atoms with van der Waals surface area (Å²) in [5.41, 5.74) is 4.56. The first-order valence-electron chi connectivity index (χ1n) is 12.2. The molecule has 0 aliphatic rings. The van der Waals surface area contributed by atoms with E-state index in [2.05, 4.69) is 10.6 Å². The number of benzene rings is 3. The van der Waals surface area contributed by atoms with Crippen molar-refractivity contribution >= 4 is 28.8 Å². The number of anilines is 3. The highest BCUT2D eigenvalue weighted by atomic mass is 19.4. The van der Waals surface area contributed by atoms with E-state index in [4.69, 9.17) is 11.1 Å². The molecule has 0 aliphatic heterocycles. The number of nitrogens with zero attached hydrogens (tertiary/aromatic N) is 1. The largest absolute Gasteiger partial charge is 0.416 e. The molecule has 0 fully saturated rings. The first kappa shape index (κ1) is 28.2. The van der Waals surface area contributed by atoms with E-state index in [1.54, 1.807) is 37.3 Å². The molecule has 1 heterocycles. The predicted molar refractivity (Wildman–Crippen MR) is 147 cm³/mol. The molecule has 3 aromatic carbocycles. The first-order valence-corrected chi connectivity index (χ1v) is 12.2. The number of para-hydroxylation sites is 1. The average Bonchev–Trinajstić information content (AvgIpc) is 2.94. The van der Waals surface area contributed by atoms with E-state index in [9.17, 15) is 27.2 Å². The summed E-state index contributed by atoms with van der Waals surface area (Å²) in [6.45, 7) is 1.54. The molecule has 206 valence electrons. The molecule has 4 aromatic rings. The standard InChI is InChI=1S/C29H25F4N5O2/c1-2-38-26(36-21-9-4-3-5-10-21)24(22(35)16-34)23(17-11-13-20(30)14-12-17)25(28(38)40)37-27(39)18-7-6-8-19(15-18)29(31,32)33/h3-15,35-36H,2,16,34H2,1H3,(H,37,39). The minimum absolute atomic E-state index is 0.0731. The summed E-state index contributed by atoms with van der Waals surface area (Å²) in [6, 6.07) is 17.7. The quantitative estimate of drug-likeness (QED) is 0.159. The number of hydrogen-bond donors (Lipinski definition) is 4. The zero-order valence-electron chi connectivity index (χ0n) is 21.3. The highest BCUT2D eigenvalue weighted by Crippen LogP contribution is 2.36. The molecule has 0 radical (unpaired) electrons. The highest BCUT2D eigenvalue weighted by molar-refractivity contribution is 6.14. The van der Waals surface area contributed by atoms with Crippen molar-refractivity contribution in [3.63, 3.8) is 0 Å². The summed E-state index contributed by atoms with van der Waals surface area (Å²) in [4.78, 5) is 27.1. The van der Waals surface area contributed by atoms with E-state index in [1.807, 2.05) is 0 Å². The number of pyridine rings is 1. The average molecular weight is 552 g/mol. The molecule has 0 unspecified atom stereocenters. The number of nitrogens with one attached hydrogen (secondary N) is 3. The van der Waals surface area contributed by atoms with Gasteiger partial charge in [-0.25, -0.2) is 4.39 Å². The van der Waals surface area contributed by atoms with Crippen LogP contribution in [0.1, 0.15) is 28.4 Å². The van der Waals surface area contributed by atoms with E-state index in [0.717, 1.165) is 24.3 Å². The van der Waals surface area contributed by atoms with E-state index < -0.39 is 29.0 Å². The monoisotopic (exact) mass is 551 g/mol. The first-order chi connectivity index (χ1) is 19.0. The van der Waals surface area contributed by atoms with Gasteiger partial charge in [-0.3, -0.25) is 14.2 Å². The van der Waals surface area contributed by atoms with Crippen molar-refractivity contribution < 1.29 is 22.4 Å². The SMILES string of the molecule is CCn1c(Nc2ccccc2)c(C(=N)CN)c(-c2ccc(F)cc2)c(NC(=O)c2cccc(C(F)(F)F)c2)c1=O. The smallest absolute Gasteiger partial charge is 0.341 e. The summed E-state index contributed by atoms with van der Waals surface area (Å²) >= 11 is 0. The van der Waals surface area contributed by atoms with Crippen LogP contribution in [0.25, 0.3) is 11.1 Å². The minimum atomic E-state index is -4.68. The minimum Gasteiger partial charge on any atom is -0.341 e. The Morgan fingerprint density at radius 1 is 1.00 bits per heavy atom. The molecule has 0 aliphatic carbocycles. The molecular formula is C29H25F4N5O2. The van der Waals surface area contributed by atoms with Crippen LogP contribution >= 0.6 is 0 Å². The Morgan fingerprint density at radius 2 is 1.68 bits per heavy atom. The van der Waals surface area contributed by atoms with Crippen molar-refractivity contribution in [3.8, 4) is 11.1 Å². The van der Waals surface area contributed by atoms with Gasteiger partial charge in [-0.05, 0) is 55.0 Å². The van der Waals surface area contributed by atoms with Gasteiger partial charge in [0.15, 0.2) is 0 Å². The van der Waals surface area contributed by atoms with Crippen molar-refractivity contribution in [1.29, 1.82) is 5.41 Å². The van der Waals surface area contributed by atoms with Gasteiger partial charge in [0.25, 0.3) is 11.5 Å². The summed E-state index contributed by atoms with van der Waals surface area (Å²) in [6.07, 6.45) is -4.68. The van der Waals surface area contributed by atoms with Gasteiger partial charge < -0.3 is 21.8 Å². The second-order valence-electron chi connectivity index (χ2n) is 8.74. The topological polar surface area (TPSA) is 113 Å². The number of aromatic nitrogens is 1. The third-order valence-corrected chi connectivity index (χ3v) is 6.15. The van der Waals surface area contributed by atoms with Gasteiger partial charge in [-0.15, -0.1) is 0 Å². The molecule has 0 atom stereocenters. The lowest BCUT2D eigenvalue weighted by Gasteiger charge is -2.24. The molecular weight excluding hydrogens is 526 g/mol. The Labute approximate surface area is 226 Å². The molecule has 0 bridgehead atoms. The molecule has 7 nitrogen and oxygen atoms in total. The second kappa shape index (κ2) is 11.5. The Morgan fingerprint density at radius 3 is 2.27 bits per heavy atom. The number of nitrogens with two attached hydrogens (primary N) is 1. The van der Waals surface area contributed by atoms with Gasteiger partial charge in [0.05, 0.1) is 11.3 Å². The summed E-state index contributed by atoms with van der Waals surface area (Å²) < 4.78 is 55.0. The van der Waals surface area contributed by atoms with Crippen molar-refractivity contribution in [2.24, 2.45) is 5.73 Å². The fourth-order valence-electron chi connectivity index (χ4n) is 4.25. The lowest BCUT2D eigenvalue weighted by molar-refractivity contribution is -0.137. The number of carbonyl (C=O) groups excluding carboxylic acids is 1. The molecule has 11 heteroatoms. The number of carbonyl (C=O) groups is 1. The fraction of sp³-hybridized carbons (Fsp3) is 0.138. The van der Waals surface area contributed by atoms with Crippen LogP contribution in [-0.2, 0) is 12.7 Å². The number of alkyl halides is 3. The van der Waals surface area contributed by atoms with Crippen LogP contribution in [0.5, 0.6) is 0 Å². The van der Waals surface area contributed by atoms with Gasteiger partial charge in [-0.2, -0.15) is 13.2 Å². The third-order valence-electron chi connectivity index (χ3n) is 6.15. The van der Waals surface area contributed by atoms with E-state index in [0.29, 0.717) is 11.8 Å². The molecule has 0 spiro atoms.